The van der Waals surface area contributed by atoms with E-state index in [0.29, 0.717) is 16.7 Å². The van der Waals surface area contributed by atoms with E-state index in [1.807, 2.05) is 0 Å². The molecule has 1 heterocycles. The SMILES string of the molecule is Cn1c(CCC(=O)OCC(=O)Nc2ccc([N+](=O)[O-])cc2Cl)nc(=O)c2ccccc21. The Hall–Kier alpha value is -3.79. The van der Waals surface area contributed by atoms with Crippen LogP contribution >= 0.6 is 11.6 Å². The average molecular weight is 445 g/mol. The van der Waals surface area contributed by atoms with E-state index in [2.05, 4.69) is 10.3 Å². The van der Waals surface area contributed by atoms with Crippen LogP contribution < -0.4 is 10.9 Å². The lowest BCUT2D eigenvalue weighted by atomic mass is 10.2. The predicted octanol–water partition coefficient (Wildman–Crippen LogP) is 2.61. The molecule has 0 aliphatic rings. The number of nitrogens with zero attached hydrogens (tertiary/aromatic N) is 3. The molecule has 11 heteroatoms. The van der Waals surface area contributed by atoms with Gasteiger partial charge in [0.05, 0.1) is 33.0 Å². The summed E-state index contributed by atoms with van der Waals surface area (Å²) in [6.07, 6.45) is 0.0788. The molecule has 0 bridgehead atoms. The number of amides is 1. The molecule has 1 N–H and O–H groups in total. The molecule has 31 heavy (non-hydrogen) atoms. The number of carbonyl (C=O) groups is 2. The van der Waals surface area contributed by atoms with Crippen molar-refractivity contribution in [2.45, 2.75) is 12.8 Å². The number of ether oxygens (including phenoxy) is 1. The summed E-state index contributed by atoms with van der Waals surface area (Å²) >= 11 is 5.91. The molecule has 160 valence electrons. The normalized spacial score (nSPS) is 10.6. The van der Waals surface area contributed by atoms with Crippen LogP contribution in [0.3, 0.4) is 0 Å². The van der Waals surface area contributed by atoms with Gasteiger partial charge in [0.15, 0.2) is 6.61 Å². The second-order valence-electron chi connectivity index (χ2n) is 6.54. The molecular formula is C20H17ClN4O6. The topological polar surface area (TPSA) is 133 Å². The molecule has 3 rings (SSSR count). The number of carbonyl (C=O) groups excluding carboxylic acids is 2. The van der Waals surface area contributed by atoms with Gasteiger partial charge in [-0.25, -0.2) is 0 Å². The third-order valence-corrected chi connectivity index (χ3v) is 4.78. The summed E-state index contributed by atoms with van der Waals surface area (Å²) in [6, 6.07) is 10.6. The molecule has 0 radical (unpaired) electrons. The molecule has 1 aromatic heterocycles. The van der Waals surface area contributed by atoms with Gasteiger partial charge in [-0.3, -0.25) is 24.5 Å². The van der Waals surface area contributed by atoms with Gasteiger partial charge in [-0.05, 0) is 18.2 Å². The number of hydrogen-bond donors (Lipinski definition) is 1. The molecule has 0 aliphatic carbocycles. The largest absolute Gasteiger partial charge is 0.456 e. The first-order valence-corrected chi connectivity index (χ1v) is 9.48. The van der Waals surface area contributed by atoms with Gasteiger partial charge in [0, 0.05) is 25.6 Å². The zero-order chi connectivity index (χ0) is 22.5. The average Bonchev–Trinajstić information content (AvgIpc) is 2.75. The number of fused-ring (bicyclic) bond motifs is 1. The number of aromatic nitrogens is 2. The summed E-state index contributed by atoms with van der Waals surface area (Å²) in [6.45, 7) is -0.559. The van der Waals surface area contributed by atoms with Crippen molar-refractivity contribution in [2.24, 2.45) is 7.05 Å². The Morgan fingerprint density at radius 3 is 2.71 bits per heavy atom. The minimum Gasteiger partial charge on any atom is -0.456 e. The maximum absolute atomic E-state index is 12.1. The van der Waals surface area contributed by atoms with Crippen LogP contribution in [0.5, 0.6) is 0 Å². The van der Waals surface area contributed by atoms with Crippen molar-refractivity contribution in [3.8, 4) is 0 Å². The molecule has 10 nitrogen and oxygen atoms in total. The summed E-state index contributed by atoms with van der Waals surface area (Å²) in [5, 5.41) is 13.6. The summed E-state index contributed by atoms with van der Waals surface area (Å²) in [5.41, 5.74) is 0.261. The maximum Gasteiger partial charge on any atom is 0.306 e. The number of halogens is 1. The molecule has 0 aliphatic heterocycles. The Morgan fingerprint density at radius 1 is 1.26 bits per heavy atom. The minimum absolute atomic E-state index is 0.0165. The van der Waals surface area contributed by atoms with Crippen molar-refractivity contribution in [3.63, 3.8) is 0 Å². The third kappa shape index (κ3) is 5.23. The van der Waals surface area contributed by atoms with Crippen molar-refractivity contribution in [1.29, 1.82) is 0 Å². The number of aryl methyl sites for hydroxylation is 2. The van der Waals surface area contributed by atoms with Crippen LogP contribution in [0.1, 0.15) is 12.2 Å². The van der Waals surface area contributed by atoms with Crippen molar-refractivity contribution < 1.29 is 19.2 Å². The molecule has 0 unspecified atom stereocenters. The van der Waals surface area contributed by atoms with Crippen LogP contribution in [0.25, 0.3) is 10.9 Å². The summed E-state index contributed by atoms with van der Waals surface area (Å²) in [5.74, 6) is -0.879. The number of esters is 1. The van der Waals surface area contributed by atoms with Gasteiger partial charge >= 0.3 is 5.97 Å². The molecule has 0 fully saturated rings. The lowest BCUT2D eigenvalue weighted by Gasteiger charge is -2.11. The fourth-order valence-corrected chi connectivity index (χ4v) is 3.12. The fourth-order valence-electron chi connectivity index (χ4n) is 2.90. The number of para-hydroxylation sites is 1. The zero-order valence-corrected chi connectivity index (χ0v) is 17.1. The molecule has 0 atom stereocenters. The molecule has 2 aromatic carbocycles. The van der Waals surface area contributed by atoms with Crippen LogP contribution in [-0.4, -0.2) is 33.0 Å². The number of nitrogens with one attached hydrogen (secondary N) is 1. The Labute approximate surface area is 180 Å². The van der Waals surface area contributed by atoms with E-state index in [-0.39, 0.29) is 34.8 Å². The van der Waals surface area contributed by atoms with Crippen molar-refractivity contribution >= 4 is 45.8 Å². The second kappa shape index (κ2) is 9.35. The number of non-ortho nitro benzene ring substituents is 1. The second-order valence-corrected chi connectivity index (χ2v) is 6.95. The monoisotopic (exact) mass is 444 g/mol. The summed E-state index contributed by atoms with van der Waals surface area (Å²) in [7, 11) is 1.75. The first kappa shape index (κ1) is 21.9. The Balaban J connectivity index is 1.54. The van der Waals surface area contributed by atoms with Crippen molar-refractivity contribution in [2.75, 3.05) is 11.9 Å². The summed E-state index contributed by atoms with van der Waals surface area (Å²) < 4.78 is 6.67. The van der Waals surface area contributed by atoms with Crippen LogP contribution in [0, 0.1) is 10.1 Å². The van der Waals surface area contributed by atoms with Crippen LogP contribution in [0.15, 0.2) is 47.3 Å². The number of rotatable bonds is 7. The lowest BCUT2D eigenvalue weighted by Crippen LogP contribution is -2.22. The maximum atomic E-state index is 12.1. The Morgan fingerprint density at radius 2 is 2.00 bits per heavy atom. The van der Waals surface area contributed by atoms with Gasteiger partial charge < -0.3 is 14.6 Å². The van der Waals surface area contributed by atoms with Crippen LogP contribution in [-0.2, 0) is 27.8 Å². The Bertz CT molecular complexity index is 1240. The van der Waals surface area contributed by atoms with Gasteiger partial charge in [0.2, 0.25) is 0 Å². The first-order valence-electron chi connectivity index (χ1n) is 9.10. The number of hydrogen-bond acceptors (Lipinski definition) is 7. The highest BCUT2D eigenvalue weighted by molar-refractivity contribution is 6.34. The number of anilines is 1. The minimum atomic E-state index is -0.652. The van der Waals surface area contributed by atoms with Gasteiger partial charge in [0.25, 0.3) is 17.2 Å². The molecule has 1 amide bonds. The number of nitro benzene ring substituents is 1. The van der Waals surface area contributed by atoms with Crippen molar-refractivity contribution in [3.05, 3.63) is 73.8 Å². The molecule has 0 saturated heterocycles. The first-order chi connectivity index (χ1) is 14.8. The van der Waals surface area contributed by atoms with E-state index in [9.17, 15) is 24.5 Å². The number of nitro groups is 1. The van der Waals surface area contributed by atoms with E-state index in [1.165, 1.54) is 12.1 Å². The number of benzene rings is 2. The third-order valence-electron chi connectivity index (χ3n) is 4.47. The smallest absolute Gasteiger partial charge is 0.306 e. The molecule has 3 aromatic rings. The van der Waals surface area contributed by atoms with E-state index in [4.69, 9.17) is 16.3 Å². The quantitative estimate of drug-likeness (QED) is 0.336. The van der Waals surface area contributed by atoms with Gasteiger partial charge in [-0.15, -0.1) is 0 Å². The fraction of sp³-hybridized carbons (Fsp3) is 0.200. The van der Waals surface area contributed by atoms with E-state index in [1.54, 1.807) is 35.9 Å². The van der Waals surface area contributed by atoms with Crippen molar-refractivity contribution in [1.82, 2.24) is 9.55 Å². The highest BCUT2D eigenvalue weighted by Gasteiger charge is 2.14. The standard InChI is InChI=1S/C20H17ClN4O6/c1-24-16-5-3-2-4-13(16)20(28)23-17(24)8-9-19(27)31-11-18(26)22-15-7-6-12(25(29)30)10-14(15)21/h2-7,10H,8-9,11H2,1H3,(H,22,26). The van der Waals surface area contributed by atoms with Gasteiger partial charge in [-0.2, -0.15) is 4.98 Å². The molecule has 0 spiro atoms. The molecule has 0 saturated carbocycles. The predicted molar refractivity (Wildman–Crippen MR) is 113 cm³/mol. The van der Waals surface area contributed by atoms with E-state index < -0.39 is 23.4 Å². The summed E-state index contributed by atoms with van der Waals surface area (Å²) in [4.78, 5) is 50.2. The zero-order valence-electron chi connectivity index (χ0n) is 16.3. The van der Waals surface area contributed by atoms with Gasteiger partial charge in [0.1, 0.15) is 5.82 Å². The van der Waals surface area contributed by atoms with E-state index >= 15 is 0 Å². The molecular weight excluding hydrogens is 428 g/mol. The highest BCUT2D eigenvalue weighted by atomic mass is 35.5. The van der Waals surface area contributed by atoms with Crippen LogP contribution in [0.2, 0.25) is 5.02 Å². The van der Waals surface area contributed by atoms with Crippen LogP contribution in [0.4, 0.5) is 11.4 Å². The lowest BCUT2D eigenvalue weighted by molar-refractivity contribution is -0.384. The highest BCUT2D eigenvalue weighted by Crippen LogP contribution is 2.26. The van der Waals surface area contributed by atoms with E-state index in [0.717, 1.165) is 6.07 Å². The van der Waals surface area contributed by atoms with Gasteiger partial charge in [-0.1, -0.05) is 23.7 Å². The Kier molecular flexibility index (Phi) is 6.61.